The first-order valence-electron chi connectivity index (χ1n) is 6.47. The van der Waals surface area contributed by atoms with Gasteiger partial charge in [-0.2, -0.15) is 0 Å². The fourth-order valence-corrected chi connectivity index (χ4v) is 2.69. The molecule has 0 saturated heterocycles. The third kappa shape index (κ3) is 3.53. The summed E-state index contributed by atoms with van der Waals surface area (Å²) in [5, 5.41) is 5.17. The quantitative estimate of drug-likeness (QED) is 0.844. The molecule has 0 fully saturated rings. The van der Waals surface area contributed by atoms with Gasteiger partial charge in [-0.25, -0.2) is 13.6 Å². The van der Waals surface area contributed by atoms with Crippen molar-refractivity contribution in [2.24, 2.45) is 5.14 Å². The number of nitrogens with zero attached hydrogens (tertiary/aromatic N) is 1. The first-order valence-corrected chi connectivity index (χ1v) is 8.01. The van der Waals surface area contributed by atoms with Crippen LogP contribution in [0.2, 0.25) is 0 Å². The third-order valence-corrected chi connectivity index (χ3v) is 4.32. The Morgan fingerprint density at radius 1 is 1.14 bits per heavy atom. The summed E-state index contributed by atoms with van der Waals surface area (Å²) in [6.45, 7) is 2.66. The molecule has 0 amide bonds. The molecule has 0 spiro atoms. The van der Waals surface area contributed by atoms with E-state index in [1.807, 2.05) is 43.1 Å². The SMILES string of the molecule is Cc1ccccc1CN(C)c1cc(S(N)(=O)=O)ccc1N. The van der Waals surface area contributed by atoms with Gasteiger partial charge in [-0.3, -0.25) is 0 Å². The number of anilines is 2. The lowest BCUT2D eigenvalue weighted by molar-refractivity contribution is 0.598. The molecule has 2 aromatic rings. The maximum atomic E-state index is 11.4. The summed E-state index contributed by atoms with van der Waals surface area (Å²) >= 11 is 0. The highest BCUT2D eigenvalue weighted by Gasteiger charge is 2.13. The standard InChI is InChI=1S/C15H19N3O2S/c1-11-5-3-4-6-12(11)10-18(2)15-9-13(21(17,19)20)7-8-14(15)16/h3-9H,10,16H2,1-2H3,(H2,17,19,20). The highest BCUT2D eigenvalue weighted by molar-refractivity contribution is 7.89. The molecule has 0 aliphatic rings. The zero-order valence-electron chi connectivity index (χ0n) is 12.1. The second-order valence-electron chi connectivity index (χ2n) is 5.05. The maximum absolute atomic E-state index is 11.4. The van der Waals surface area contributed by atoms with E-state index >= 15 is 0 Å². The first kappa shape index (κ1) is 15.3. The topological polar surface area (TPSA) is 89.4 Å². The van der Waals surface area contributed by atoms with Crippen LogP contribution in [0.3, 0.4) is 0 Å². The number of benzene rings is 2. The number of hydrogen-bond acceptors (Lipinski definition) is 4. The molecule has 0 bridgehead atoms. The van der Waals surface area contributed by atoms with E-state index in [0.717, 1.165) is 5.56 Å². The van der Waals surface area contributed by atoms with Gasteiger partial charge in [0.05, 0.1) is 16.3 Å². The summed E-state index contributed by atoms with van der Waals surface area (Å²) in [5.74, 6) is 0. The van der Waals surface area contributed by atoms with Gasteiger partial charge in [-0.05, 0) is 36.2 Å². The molecule has 0 aromatic heterocycles. The van der Waals surface area contributed by atoms with Crippen molar-refractivity contribution in [1.82, 2.24) is 0 Å². The van der Waals surface area contributed by atoms with Gasteiger partial charge in [0.25, 0.3) is 0 Å². The highest BCUT2D eigenvalue weighted by atomic mass is 32.2. The summed E-state index contributed by atoms with van der Waals surface area (Å²) in [5.41, 5.74) is 9.43. The number of hydrogen-bond donors (Lipinski definition) is 2. The number of rotatable bonds is 4. The van der Waals surface area contributed by atoms with Crippen LogP contribution in [0.4, 0.5) is 11.4 Å². The Bertz CT molecular complexity index is 757. The molecule has 0 atom stereocenters. The molecule has 2 aromatic carbocycles. The molecule has 112 valence electrons. The molecule has 2 rings (SSSR count). The molecular weight excluding hydrogens is 286 g/mol. The second-order valence-corrected chi connectivity index (χ2v) is 6.61. The van der Waals surface area contributed by atoms with Crippen LogP contribution in [-0.2, 0) is 16.6 Å². The normalized spacial score (nSPS) is 11.4. The Morgan fingerprint density at radius 3 is 2.43 bits per heavy atom. The minimum atomic E-state index is -3.74. The predicted octanol–water partition coefficient (Wildman–Crippen LogP) is 1.86. The molecule has 0 unspecified atom stereocenters. The van der Waals surface area contributed by atoms with E-state index in [1.165, 1.54) is 17.7 Å². The van der Waals surface area contributed by atoms with Crippen LogP contribution in [0.1, 0.15) is 11.1 Å². The van der Waals surface area contributed by atoms with Crippen molar-refractivity contribution in [3.8, 4) is 0 Å². The summed E-state index contributed by atoms with van der Waals surface area (Å²) in [4.78, 5) is 1.97. The molecule has 0 aliphatic heterocycles. The minimum absolute atomic E-state index is 0.0586. The fraction of sp³-hybridized carbons (Fsp3) is 0.200. The molecule has 6 heteroatoms. The van der Waals surface area contributed by atoms with Crippen LogP contribution in [0.5, 0.6) is 0 Å². The van der Waals surface area contributed by atoms with Crippen molar-refractivity contribution in [2.45, 2.75) is 18.4 Å². The van der Waals surface area contributed by atoms with Gasteiger partial charge >= 0.3 is 0 Å². The van der Waals surface area contributed by atoms with E-state index in [-0.39, 0.29) is 4.90 Å². The van der Waals surface area contributed by atoms with E-state index in [0.29, 0.717) is 17.9 Å². The Morgan fingerprint density at radius 2 is 1.81 bits per heavy atom. The molecular formula is C15H19N3O2S. The van der Waals surface area contributed by atoms with Crippen molar-refractivity contribution in [2.75, 3.05) is 17.7 Å². The largest absolute Gasteiger partial charge is 0.397 e. The molecule has 4 N–H and O–H groups in total. The number of primary sulfonamides is 1. The van der Waals surface area contributed by atoms with Crippen molar-refractivity contribution < 1.29 is 8.42 Å². The zero-order chi connectivity index (χ0) is 15.6. The number of nitrogens with two attached hydrogens (primary N) is 2. The lowest BCUT2D eigenvalue weighted by Gasteiger charge is -2.22. The monoisotopic (exact) mass is 305 g/mol. The van der Waals surface area contributed by atoms with E-state index in [4.69, 9.17) is 10.9 Å². The Hall–Kier alpha value is -2.05. The Kier molecular flexibility index (Phi) is 4.20. The van der Waals surface area contributed by atoms with E-state index in [9.17, 15) is 8.42 Å². The summed E-state index contributed by atoms with van der Waals surface area (Å²) in [6, 6.07) is 12.5. The van der Waals surface area contributed by atoms with Crippen molar-refractivity contribution in [3.63, 3.8) is 0 Å². The van der Waals surface area contributed by atoms with Gasteiger partial charge in [-0.15, -0.1) is 0 Å². The van der Waals surface area contributed by atoms with Crippen LogP contribution in [0.25, 0.3) is 0 Å². The molecule has 21 heavy (non-hydrogen) atoms. The van der Waals surface area contributed by atoms with Gasteiger partial charge in [0.2, 0.25) is 10.0 Å². The first-order chi connectivity index (χ1) is 9.79. The Labute approximate surface area is 125 Å². The lowest BCUT2D eigenvalue weighted by atomic mass is 10.1. The van der Waals surface area contributed by atoms with Crippen LogP contribution in [0, 0.1) is 6.92 Å². The van der Waals surface area contributed by atoms with Gasteiger partial charge in [0.1, 0.15) is 0 Å². The van der Waals surface area contributed by atoms with Gasteiger partial charge in [0, 0.05) is 13.6 Å². The molecule has 0 saturated carbocycles. The minimum Gasteiger partial charge on any atom is -0.397 e. The smallest absolute Gasteiger partial charge is 0.238 e. The second kappa shape index (κ2) is 5.75. The fourth-order valence-electron chi connectivity index (χ4n) is 2.16. The van der Waals surface area contributed by atoms with Crippen LogP contribution < -0.4 is 15.8 Å². The van der Waals surface area contributed by atoms with Gasteiger partial charge in [-0.1, -0.05) is 24.3 Å². The van der Waals surface area contributed by atoms with Crippen LogP contribution >= 0.6 is 0 Å². The van der Waals surface area contributed by atoms with Crippen molar-refractivity contribution in [3.05, 3.63) is 53.6 Å². The summed E-state index contributed by atoms with van der Waals surface area (Å²) in [7, 11) is -1.87. The zero-order valence-corrected chi connectivity index (χ0v) is 12.9. The van der Waals surface area contributed by atoms with E-state index < -0.39 is 10.0 Å². The summed E-state index contributed by atoms with van der Waals surface area (Å²) < 4.78 is 22.9. The van der Waals surface area contributed by atoms with Crippen molar-refractivity contribution >= 4 is 21.4 Å². The van der Waals surface area contributed by atoms with Crippen molar-refractivity contribution in [1.29, 1.82) is 0 Å². The third-order valence-electron chi connectivity index (χ3n) is 3.41. The number of sulfonamides is 1. The molecule has 5 nitrogen and oxygen atoms in total. The maximum Gasteiger partial charge on any atom is 0.238 e. The van der Waals surface area contributed by atoms with E-state index in [1.54, 1.807) is 6.07 Å². The number of aryl methyl sites for hydroxylation is 1. The van der Waals surface area contributed by atoms with Gasteiger partial charge in [0.15, 0.2) is 0 Å². The molecule has 0 aliphatic carbocycles. The van der Waals surface area contributed by atoms with Crippen LogP contribution in [0.15, 0.2) is 47.4 Å². The lowest BCUT2D eigenvalue weighted by Crippen LogP contribution is -2.20. The molecule has 0 radical (unpaired) electrons. The Balaban J connectivity index is 2.35. The highest BCUT2D eigenvalue weighted by Crippen LogP contribution is 2.27. The van der Waals surface area contributed by atoms with Gasteiger partial charge < -0.3 is 10.6 Å². The average Bonchev–Trinajstić information content (AvgIpc) is 2.40. The van der Waals surface area contributed by atoms with E-state index in [2.05, 4.69) is 0 Å². The van der Waals surface area contributed by atoms with Crippen LogP contribution in [-0.4, -0.2) is 15.5 Å². The predicted molar refractivity (Wildman–Crippen MR) is 85.5 cm³/mol. The summed E-state index contributed by atoms with van der Waals surface area (Å²) in [6.07, 6.45) is 0. The number of nitrogen functional groups attached to an aromatic ring is 1. The average molecular weight is 305 g/mol. The molecule has 0 heterocycles.